The molecule has 0 bridgehead atoms. The molecule has 2 aliphatic rings. The molecular weight excluding hydrogens is 316 g/mol. The van der Waals surface area contributed by atoms with Crippen LogP contribution >= 0.6 is 0 Å². The molecule has 1 aromatic heterocycles. The van der Waals surface area contributed by atoms with Crippen LogP contribution in [0.2, 0.25) is 0 Å². The first-order chi connectivity index (χ1) is 12.3. The second-order valence-electron chi connectivity index (χ2n) is 6.85. The summed E-state index contributed by atoms with van der Waals surface area (Å²) in [5, 5.41) is 3.16. The van der Waals surface area contributed by atoms with Crippen LogP contribution in [-0.4, -0.2) is 53.0 Å². The van der Waals surface area contributed by atoms with E-state index >= 15 is 0 Å². The SMILES string of the molecule is O=C(NC1CCN(Cc2coc(-c3ccccc3)n2)CC1)N1CCC1. The van der Waals surface area contributed by atoms with Crippen LogP contribution in [0.1, 0.15) is 25.0 Å². The summed E-state index contributed by atoms with van der Waals surface area (Å²) in [6, 6.07) is 10.4. The fourth-order valence-electron chi connectivity index (χ4n) is 3.34. The Morgan fingerprint density at radius 2 is 1.92 bits per heavy atom. The van der Waals surface area contributed by atoms with Crippen molar-refractivity contribution in [3.05, 3.63) is 42.3 Å². The molecule has 2 saturated heterocycles. The highest BCUT2D eigenvalue weighted by Gasteiger charge is 2.25. The maximum absolute atomic E-state index is 12.0. The van der Waals surface area contributed by atoms with Gasteiger partial charge in [-0.05, 0) is 31.4 Å². The minimum absolute atomic E-state index is 0.105. The Morgan fingerprint density at radius 1 is 1.16 bits per heavy atom. The number of carbonyl (C=O) groups excluding carboxylic acids is 1. The molecule has 6 heteroatoms. The lowest BCUT2D eigenvalue weighted by Crippen LogP contribution is -2.52. The highest BCUT2D eigenvalue weighted by atomic mass is 16.3. The molecule has 3 heterocycles. The van der Waals surface area contributed by atoms with Crippen LogP contribution in [0.25, 0.3) is 11.5 Å². The van der Waals surface area contributed by atoms with Crippen LogP contribution in [0.15, 0.2) is 41.0 Å². The summed E-state index contributed by atoms with van der Waals surface area (Å²) in [7, 11) is 0. The number of piperidine rings is 1. The number of urea groups is 1. The average molecular weight is 340 g/mol. The van der Waals surface area contributed by atoms with Gasteiger partial charge in [-0.3, -0.25) is 4.90 Å². The number of likely N-dealkylation sites (tertiary alicyclic amines) is 2. The van der Waals surface area contributed by atoms with E-state index in [0.29, 0.717) is 11.9 Å². The second-order valence-corrected chi connectivity index (χ2v) is 6.85. The van der Waals surface area contributed by atoms with Crippen molar-refractivity contribution in [2.45, 2.75) is 31.8 Å². The standard InChI is InChI=1S/C19H24N4O2/c24-19(23-9-4-10-23)21-16-7-11-22(12-8-16)13-17-14-25-18(20-17)15-5-2-1-3-6-15/h1-3,5-6,14,16H,4,7-13H2,(H,21,24). The number of benzene rings is 1. The van der Waals surface area contributed by atoms with Gasteiger partial charge in [-0.2, -0.15) is 0 Å². The van der Waals surface area contributed by atoms with Crippen molar-refractivity contribution in [1.82, 2.24) is 20.1 Å². The van der Waals surface area contributed by atoms with Crippen LogP contribution in [0.3, 0.4) is 0 Å². The molecule has 0 spiro atoms. The average Bonchev–Trinajstić information content (AvgIpc) is 3.04. The molecule has 0 unspecified atom stereocenters. The third-order valence-electron chi connectivity index (χ3n) is 5.02. The third-order valence-corrected chi connectivity index (χ3v) is 5.02. The number of nitrogens with one attached hydrogen (secondary N) is 1. The number of aromatic nitrogens is 1. The van der Waals surface area contributed by atoms with Crippen LogP contribution in [-0.2, 0) is 6.54 Å². The number of oxazole rings is 1. The van der Waals surface area contributed by atoms with Gasteiger partial charge < -0.3 is 14.6 Å². The van der Waals surface area contributed by atoms with Gasteiger partial charge in [0.05, 0.1) is 5.69 Å². The summed E-state index contributed by atoms with van der Waals surface area (Å²) in [6.45, 7) is 4.54. The van der Waals surface area contributed by atoms with Gasteiger partial charge in [-0.1, -0.05) is 18.2 Å². The van der Waals surface area contributed by atoms with E-state index in [1.807, 2.05) is 35.2 Å². The molecule has 0 aliphatic carbocycles. The Balaban J connectivity index is 1.26. The van der Waals surface area contributed by atoms with Crippen LogP contribution in [0.5, 0.6) is 0 Å². The molecule has 132 valence electrons. The number of rotatable bonds is 4. The molecule has 2 aromatic rings. The molecule has 1 aromatic carbocycles. The Morgan fingerprint density at radius 3 is 2.60 bits per heavy atom. The first-order valence-electron chi connectivity index (χ1n) is 9.05. The van der Waals surface area contributed by atoms with Gasteiger partial charge in [-0.15, -0.1) is 0 Å². The van der Waals surface area contributed by atoms with Gasteiger partial charge in [0.2, 0.25) is 5.89 Å². The van der Waals surface area contributed by atoms with Crippen molar-refractivity contribution < 1.29 is 9.21 Å². The molecule has 2 amide bonds. The van der Waals surface area contributed by atoms with E-state index in [0.717, 1.165) is 63.2 Å². The summed E-state index contributed by atoms with van der Waals surface area (Å²) in [5.74, 6) is 0.673. The molecule has 6 nitrogen and oxygen atoms in total. The zero-order valence-corrected chi connectivity index (χ0v) is 14.4. The maximum Gasteiger partial charge on any atom is 0.317 e. The van der Waals surface area contributed by atoms with E-state index in [2.05, 4.69) is 15.2 Å². The fraction of sp³-hybridized carbons (Fsp3) is 0.474. The number of amides is 2. The Bertz CT molecular complexity index is 703. The largest absolute Gasteiger partial charge is 0.444 e. The number of hydrogen-bond donors (Lipinski definition) is 1. The highest BCUT2D eigenvalue weighted by Crippen LogP contribution is 2.20. The molecule has 0 saturated carbocycles. The van der Waals surface area contributed by atoms with Crippen LogP contribution in [0, 0.1) is 0 Å². The van der Waals surface area contributed by atoms with Gasteiger partial charge >= 0.3 is 6.03 Å². The molecule has 2 aliphatic heterocycles. The molecule has 0 radical (unpaired) electrons. The topological polar surface area (TPSA) is 61.6 Å². The van der Waals surface area contributed by atoms with E-state index in [9.17, 15) is 4.79 Å². The van der Waals surface area contributed by atoms with E-state index < -0.39 is 0 Å². The molecular formula is C19H24N4O2. The molecule has 25 heavy (non-hydrogen) atoms. The van der Waals surface area contributed by atoms with E-state index in [4.69, 9.17) is 4.42 Å². The Labute approximate surface area is 147 Å². The van der Waals surface area contributed by atoms with Crippen molar-refractivity contribution in [3.8, 4) is 11.5 Å². The number of carbonyl (C=O) groups is 1. The van der Waals surface area contributed by atoms with Crippen molar-refractivity contribution in [1.29, 1.82) is 0 Å². The monoisotopic (exact) mass is 340 g/mol. The smallest absolute Gasteiger partial charge is 0.317 e. The lowest BCUT2D eigenvalue weighted by Gasteiger charge is -2.36. The zero-order chi connectivity index (χ0) is 17.1. The highest BCUT2D eigenvalue weighted by molar-refractivity contribution is 5.75. The van der Waals surface area contributed by atoms with E-state index in [1.54, 1.807) is 6.26 Å². The summed E-state index contributed by atoms with van der Waals surface area (Å²) >= 11 is 0. The summed E-state index contributed by atoms with van der Waals surface area (Å²) in [4.78, 5) is 20.8. The molecule has 2 fully saturated rings. The van der Waals surface area contributed by atoms with Crippen LogP contribution < -0.4 is 5.32 Å². The van der Waals surface area contributed by atoms with Crippen molar-refractivity contribution in [2.24, 2.45) is 0 Å². The first-order valence-corrected chi connectivity index (χ1v) is 9.05. The molecule has 4 rings (SSSR count). The third kappa shape index (κ3) is 3.85. The first kappa shape index (κ1) is 16.1. The van der Waals surface area contributed by atoms with Gasteiger partial charge in [0.1, 0.15) is 6.26 Å². The normalized spacial score (nSPS) is 18.8. The minimum atomic E-state index is 0.105. The molecule has 1 N–H and O–H groups in total. The summed E-state index contributed by atoms with van der Waals surface area (Å²) in [5.41, 5.74) is 1.96. The fourth-order valence-corrected chi connectivity index (χ4v) is 3.34. The van der Waals surface area contributed by atoms with Crippen LogP contribution in [0.4, 0.5) is 4.79 Å². The number of nitrogens with zero attached hydrogens (tertiary/aromatic N) is 3. The van der Waals surface area contributed by atoms with Crippen molar-refractivity contribution in [2.75, 3.05) is 26.2 Å². The van der Waals surface area contributed by atoms with Gasteiger partial charge in [-0.25, -0.2) is 9.78 Å². The molecule has 0 atom stereocenters. The van der Waals surface area contributed by atoms with Gasteiger partial charge in [0, 0.05) is 44.3 Å². The second kappa shape index (κ2) is 7.27. The predicted molar refractivity (Wildman–Crippen MR) is 95.0 cm³/mol. The van der Waals surface area contributed by atoms with Gasteiger partial charge in [0.25, 0.3) is 0 Å². The van der Waals surface area contributed by atoms with E-state index in [-0.39, 0.29) is 6.03 Å². The minimum Gasteiger partial charge on any atom is -0.444 e. The lowest BCUT2D eigenvalue weighted by atomic mass is 10.0. The van der Waals surface area contributed by atoms with Crippen molar-refractivity contribution >= 4 is 6.03 Å². The summed E-state index contributed by atoms with van der Waals surface area (Å²) < 4.78 is 5.61. The number of hydrogen-bond acceptors (Lipinski definition) is 4. The lowest BCUT2D eigenvalue weighted by molar-refractivity contribution is 0.149. The van der Waals surface area contributed by atoms with Gasteiger partial charge in [0.15, 0.2) is 0 Å². The quantitative estimate of drug-likeness (QED) is 0.930. The summed E-state index contributed by atoms with van der Waals surface area (Å²) in [6.07, 6.45) is 4.86. The predicted octanol–water partition coefficient (Wildman–Crippen LogP) is 2.72. The van der Waals surface area contributed by atoms with Crippen molar-refractivity contribution in [3.63, 3.8) is 0 Å². The zero-order valence-electron chi connectivity index (χ0n) is 14.4. The Hall–Kier alpha value is -2.34. The Kier molecular flexibility index (Phi) is 4.70. The maximum atomic E-state index is 12.0. The van der Waals surface area contributed by atoms with E-state index in [1.165, 1.54) is 0 Å².